The van der Waals surface area contributed by atoms with Gasteiger partial charge in [0.25, 0.3) is 0 Å². The SMILES string of the molecule is Cc1ccc(CN(C)c2ccc(Br)cc2C(=N)N)cc1. The molecule has 0 aliphatic carbocycles. The summed E-state index contributed by atoms with van der Waals surface area (Å²) in [7, 11) is 2.01. The second kappa shape index (κ2) is 6.09. The lowest BCUT2D eigenvalue weighted by molar-refractivity contribution is 0.920. The third kappa shape index (κ3) is 3.39. The van der Waals surface area contributed by atoms with Gasteiger partial charge in [-0.25, -0.2) is 0 Å². The minimum atomic E-state index is 0.0806. The fraction of sp³-hybridized carbons (Fsp3) is 0.188. The lowest BCUT2D eigenvalue weighted by Crippen LogP contribution is -2.22. The smallest absolute Gasteiger partial charge is 0.124 e. The third-order valence-corrected chi connectivity index (χ3v) is 3.69. The van der Waals surface area contributed by atoms with Crippen molar-refractivity contribution in [3.8, 4) is 0 Å². The highest BCUT2D eigenvalue weighted by atomic mass is 79.9. The number of nitrogens with two attached hydrogens (primary N) is 1. The molecule has 2 aromatic carbocycles. The maximum Gasteiger partial charge on any atom is 0.124 e. The van der Waals surface area contributed by atoms with Crippen molar-refractivity contribution in [3.63, 3.8) is 0 Å². The van der Waals surface area contributed by atoms with Crippen LogP contribution in [0.4, 0.5) is 5.69 Å². The molecular weight excluding hydrogens is 314 g/mol. The van der Waals surface area contributed by atoms with Crippen molar-refractivity contribution >= 4 is 27.5 Å². The van der Waals surface area contributed by atoms with Gasteiger partial charge in [-0.15, -0.1) is 0 Å². The normalized spacial score (nSPS) is 10.3. The zero-order valence-corrected chi connectivity index (χ0v) is 13.2. The van der Waals surface area contributed by atoms with Gasteiger partial charge in [0.1, 0.15) is 5.84 Å². The van der Waals surface area contributed by atoms with Crippen LogP contribution in [0.25, 0.3) is 0 Å². The molecule has 0 saturated heterocycles. The fourth-order valence-corrected chi connectivity index (χ4v) is 2.47. The lowest BCUT2D eigenvalue weighted by Gasteiger charge is -2.22. The average molecular weight is 332 g/mol. The van der Waals surface area contributed by atoms with E-state index in [4.69, 9.17) is 11.1 Å². The predicted octanol–water partition coefficient (Wildman–Crippen LogP) is 3.68. The number of hydrogen-bond donors (Lipinski definition) is 2. The molecule has 0 aliphatic rings. The van der Waals surface area contributed by atoms with E-state index in [1.165, 1.54) is 11.1 Å². The Labute approximate surface area is 128 Å². The van der Waals surface area contributed by atoms with E-state index in [0.29, 0.717) is 0 Å². The van der Waals surface area contributed by atoms with Crippen molar-refractivity contribution in [1.82, 2.24) is 0 Å². The number of nitrogen functional groups attached to an aromatic ring is 1. The summed E-state index contributed by atoms with van der Waals surface area (Å²) < 4.78 is 0.926. The Morgan fingerprint density at radius 3 is 2.45 bits per heavy atom. The first kappa shape index (κ1) is 14.6. The van der Waals surface area contributed by atoms with Crippen molar-refractivity contribution < 1.29 is 0 Å². The number of hydrogen-bond acceptors (Lipinski definition) is 2. The Hall–Kier alpha value is -1.81. The van der Waals surface area contributed by atoms with Crippen LogP contribution in [0.3, 0.4) is 0 Å². The number of nitrogens with one attached hydrogen (secondary N) is 1. The monoisotopic (exact) mass is 331 g/mol. The molecule has 3 N–H and O–H groups in total. The standard InChI is InChI=1S/C16H18BrN3/c1-11-3-5-12(6-4-11)10-20(2)15-8-7-13(17)9-14(15)16(18)19/h3-9H,10H2,1-2H3,(H3,18,19). The molecule has 0 atom stereocenters. The molecule has 2 rings (SSSR count). The molecular formula is C16H18BrN3. The van der Waals surface area contributed by atoms with Gasteiger partial charge in [-0.1, -0.05) is 45.8 Å². The minimum absolute atomic E-state index is 0.0806. The first-order valence-corrected chi connectivity index (χ1v) is 7.17. The van der Waals surface area contributed by atoms with Gasteiger partial charge < -0.3 is 10.6 Å². The van der Waals surface area contributed by atoms with E-state index in [2.05, 4.69) is 52.0 Å². The maximum atomic E-state index is 7.70. The summed E-state index contributed by atoms with van der Waals surface area (Å²) in [4.78, 5) is 2.10. The highest BCUT2D eigenvalue weighted by molar-refractivity contribution is 9.10. The molecule has 0 aliphatic heterocycles. The summed E-state index contributed by atoms with van der Waals surface area (Å²) in [6.45, 7) is 2.86. The van der Waals surface area contributed by atoms with Crippen LogP contribution in [0.15, 0.2) is 46.9 Å². The molecule has 20 heavy (non-hydrogen) atoms. The second-order valence-corrected chi connectivity index (χ2v) is 5.83. The first-order chi connectivity index (χ1) is 9.47. The molecule has 0 unspecified atom stereocenters. The van der Waals surface area contributed by atoms with E-state index in [1.54, 1.807) is 0 Å². The van der Waals surface area contributed by atoms with Crippen molar-refractivity contribution in [2.75, 3.05) is 11.9 Å². The van der Waals surface area contributed by atoms with Gasteiger partial charge in [0.2, 0.25) is 0 Å². The summed E-state index contributed by atoms with van der Waals surface area (Å²) in [5.41, 5.74) is 9.86. The largest absolute Gasteiger partial charge is 0.384 e. The Morgan fingerprint density at radius 2 is 1.85 bits per heavy atom. The molecule has 0 fully saturated rings. The van der Waals surface area contributed by atoms with E-state index < -0.39 is 0 Å². The van der Waals surface area contributed by atoms with Crippen LogP contribution in [-0.2, 0) is 6.54 Å². The Balaban J connectivity index is 2.27. The number of halogens is 1. The quantitative estimate of drug-likeness (QED) is 0.663. The van der Waals surface area contributed by atoms with Crippen molar-refractivity contribution in [2.24, 2.45) is 5.73 Å². The molecule has 0 radical (unpaired) electrons. The molecule has 0 heterocycles. The topological polar surface area (TPSA) is 53.1 Å². The van der Waals surface area contributed by atoms with Gasteiger partial charge in [-0.3, -0.25) is 5.41 Å². The van der Waals surface area contributed by atoms with Gasteiger partial charge >= 0.3 is 0 Å². The Morgan fingerprint density at radius 1 is 1.20 bits per heavy atom. The van der Waals surface area contributed by atoms with Crippen molar-refractivity contribution in [1.29, 1.82) is 5.41 Å². The van der Waals surface area contributed by atoms with Crippen LogP contribution in [0.1, 0.15) is 16.7 Å². The molecule has 3 nitrogen and oxygen atoms in total. The van der Waals surface area contributed by atoms with Gasteiger partial charge in [-0.2, -0.15) is 0 Å². The van der Waals surface area contributed by atoms with Crippen molar-refractivity contribution in [2.45, 2.75) is 13.5 Å². The summed E-state index contributed by atoms with van der Waals surface area (Å²) in [5, 5.41) is 7.70. The maximum absolute atomic E-state index is 7.70. The van der Waals surface area contributed by atoms with E-state index in [9.17, 15) is 0 Å². The Kier molecular flexibility index (Phi) is 4.45. The lowest BCUT2D eigenvalue weighted by atomic mass is 10.1. The number of nitrogens with zero attached hydrogens (tertiary/aromatic N) is 1. The first-order valence-electron chi connectivity index (χ1n) is 6.38. The van der Waals surface area contributed by atoms with Crippen LogP contribution in [-0.4, -0.2) is 12.9 Å². The summed E-state index contributed by atoms with van der Waals surface area (Å²) >= 11 is 3.42. The number of aryl methyl sites for hydroxylation is 1. The van der Waals surface area contributed by atoms with Crippen LogP contribution in [0, 0.1) is 12.3 Å². The second-order valence-electron chi connectivity index (χ2n) is 4.92. The molecule has 0 amide bonds. The number of amidine groups is 1. The van der Waals surface area contributed by atoms with Gasteiger partial charge in [0.05, 0.1) is 0 Å². The number of anilines is 1. The summed E-state index contributed by atoms with van der Waals surface area (Å²) in [6, 6.07) is 14.3. The average Bonchev–Trinajstić information content (AvgIpc) is 2.41. The van der Waals surface area contributed by atoms with Gasteiger partial charge in [0, 0.05) is 29.3 Å². The number of benzene rings is 2. The molecule has 4 heteroatoms. The zero-order chi connectivity index (χ0) is 14.7. The van der Waals surface area contributed by atoms with Crippen LogP contribution in [0.5, 0.6) is 0 Å². The van der Waals surface area contributed by atoms with E-state index >= 15 is 0 Å². The van der Waals surface area contributed by atoms with Crippen molar-refractivity contribution in [3.05, 3.63) is 63.6 Å². The van der Waals surface area contributed by atoms with E-state index in [1.807, 2.05) is 25.2 Å². The fourth-order valence-electron chi connectivity index (χ4n) is 2.11. The summed E-state index contributed by atoms with van der Waals surface area (Å²) in [6.07, 6.45) is 0. The Bertz CT molecular complexity index is 620. The predicted molar refractivity (Wildman–Crippen MR) is 88.4 cm³/mol. The zero-order valence-electron chi connectivity index (χ0n) is 11.7. The molecule has 2 aromatic rings. The van der Waals surface area contributed by atoms with Crippen LogP contribution in [0.2, 0.25) is 0 Å². The van der Waals surface area contributed by atoms with Gasteiger partial charge in [-0.05, 0) is 30.7 Å². The number of rotatable bonds is 4. The highest BCUT2D eigenvalue weighted by Crippen LogP contribution is 2.24. The minimum Gasteiger partial charge on any atom is -0.384 e. The highest BCUT2D eigenvalue weighted by Gasteiger charge is 2.10. The third-order valence-electron chi connectivity index (χ3n) is 3.20. The van der Waals surface area contributed by atoms with Crippen LogP contribution < -0.4 is 10.6 Å². The van der Waals surface area contributed by atoms with Gasteiger partial charge in [0.15, 0.2) is 0 Å². The molecule has 0 aromatic heterocycles. The summed E-state index contributed by atoms with van der Waals surface area (Å²) in [5.74, 6) is 0.0806. The molecule has 0 saturated carbocycles. The van der Waals surface area contributed by atoms with E-state index in [0.717, 1.165) is 22.3 Å². The molecule has 0 spiro atoms. The van der Waals surface area contributed by atoms with Crippen LogP contribution >= 0.6 is 15.9 Å². The molecule has 0 bridgehead atoms. The molecule has 104 valence electrons. The van der Waals surface area contributed by atoms with E-state index in [-0.39, 0.29) is 5.84 Å².